The van der Waals surface area contributed by atoms with E-state index in [2.05, 4.69) is 15.2 Å². The second-order valence-electron chi connectivity index (χ2n) is 6.66. The van der Waals surface area contributed by atoms with Crippen molar-refractivity contribution in [3.05, 3.63) is 53.2 Å². The summed E-state index contributed by atoms with van der Waals surface area (Å²) in [6, 6.07) is 10.9. The number of pyridine rings is 1. The number of aromatic nitrogens is 1. The van der Waals surface area contributed by atoms with E-state index in [1.807, 2.05) is 18.2 Å². The maximum atomic E-state index is 12.5. The number of amides is 1. The van der Waals surface area contributed by atoms with E-state index in [1.165, 1.54) is 0 Å². The first-order chi connectivity index (χ1) is 12.7. The zero-order chi connectivity index (χ0) is 18.4. The Morgan fingerprint density at radius 2 is 2.23 bits per heavy atom. The van der Waals surface area contributed by atoms with Gasteiger partial charge < -0.3 is 15.3 Å². The Balaban J connectivity index is 1.57. The Bertz CT molecular complexity index is 753. The predicted octanol–water partition coefficient (Wildman–Crippen LogP) is 2.84. The second-order valence-corrected chi connectivity index (χ2v) is 7.07. The molecule has 0 spiro atoms. The lowest BCUT2D eigenvalue weighted by atomic mass is 9.99. The number of hydrogen-bond acceptors (Lipinski definition) is 4. The van der Waals surface area contributed by atoms with Gasteiger partial charge in [0.25, 0.3) is 5.91 Å². The second kappa shape index (κ2) is 9.12. The van der Waals surface area contributed by atoms with Crippen LogP contribution in [0, 0.1) is 5.92 Å². The van der Waals surface area contributed by atoms with Crippen LogP contribution in [-0.4, -0.2) is 53.7 Å². The first kappa shape index (κ1) is 18.8. The molecule has 0 radical (unpaired) electrons. The Labute approximate surface area is 159 Å². The molecule has 1 amide bonds. The number of aliphatic hydroxyl groups is 1. The SMILES string of the molecule is O=C(NCCN1CCC[C@H](CO)C1)c1cccc(-c2ncccc2Cl)c1. The molecule has 0 aliphatic carbocycles. The summed E-state index contributed by atoms with van der Waals surface area (Å²) >= 11 is 6.20. The van der Waals surface area contributed by atoms with Crippen molar-refractivity contribution in [2.75, 3.05) is 32.8 Å². The minimum Gasteiger partial charge on any atom is -0.396 e. The highest BCUT2D eigenvalue weighted by molar-refractivity contribution is 6.33. The molecule has 2 aromatic rings. The third-order valence-electron chi connectivity index (χ3n) is 4.73. The zero-order valence-electron chi connectivity index (χ0n) is 14.7. The van der Waals surface area contributed by atoms with Gasteiger partial charge in [-0.1, -0.05) is 23.7 Å². The summed E-state index contributed by atoms with van der Waals surface area (Å²) < 4.78 is 0. The Hall–Kier alpha value is -1.95. The van der Waals surface area contributed by atoms with Crippen LogP contribution in [0.5, 0.6) is 0 Å². The summed E-state index contributed by atoms with van der Waals surface area (Å²) in [4.78, 5) is 19.0. The topological polar surface area (TPSA) is 65.5 Å². The van der Waals surface area contributed by atoms with E-state index in [9.17, 15) is 9.90 Å². The summed E-state index contributed by atoms with van der Waals surface area (Å²) in [6.07, 6.45) is 3.88. The van der Waals surface area contributed by atoms with Crippen LogP contribution in [-0.2, 0) is 0 Å². The van der Waals surface area contributed by atoms with E-state index in [0.717, 1.165) is 38.0 Å². The first-order valence-electron chi connectivity index (χ1n) is 8.99. The predicted molar refractivity (Wildman–Crippen MR) is 103 cm³/mol. The van der Waals surface area contributed by atoms with Gasteiger partial charge in [-0.25, -0.2) is 0 Å². The fourth-order valence-corrected chi connectivity index (χ4v) is 3.57. The van der Waals surface area contributed by atoms with Crippen LogP contribution in [0.15, 0.2) is 42.6 Å². The molecule has 0 unspecified atom stereocenters. The highest BCUT2D eigenvalue weighted by atomic mass is 35.5. The highest BCUT2D eigenvalue weighted by Gasteiger charge is 2.19. The van der Waals surface area contributed by atoms with Crippen molar-refractivity contribution in [3.8, 4) is 11.3 Å². The molecule has 0 saturated carbocycles. The maximum Gasteiger partial charge on any atom is 0.251 e. The lowest BCUT2D eigenvalue weighted by Gasteiger charge is -2.31. The van der Waals surface area contributed by atoms with E-state index in [-0.39, 0.29) is 12.5 Å². The standard InChI is InChI=1S/C20H24ClN3O2/c21-18-7-2-8-22-19(18)16-5-1-6-17(12-16)20(26)23-9-11-24-10-3-4-15(13-24)14-25/h1-2,5-8,12,15,25H,3-4,9-11,13-14H2,(H,23,26)/t15-/m0/s1. The van der Waals surface area contributed by atoms with Crippen molar-refractivity contribution in [1.82, 2.24) is 15.2 Å². The summed E-state index contributed by atoms with van der Waals surface area (Å²) in [5, 5.41) is 12.8. The van der Waals surface area contributed by atoms with Crippen LogP contribution >= 0.6 is 11.6 Å². The summed E-state index contributed by atoms with van der Waals surface area (Å²) in [5.74, 6) is 0.258. The number of nitrogens with one attached hydrogen (secondary N) is 1. The average Bonchev–Trinajstić information content (AvgIpc) is 2.68. The van der Waals surface area contributed by atoms with E-state index >= 15 is 0 Å². The van der Waals surface area contributed by atoms with E-state index in [1.54, 1.807) is 24.4 Å². The first-order valence-corrected chi connectivity index (χ1v) is 9.37. The van der Waals surface area contributed by atoms with Gasteiger partial charge in [-0.3, -0.25) is 9.78 Å². The van der Waals surface area contributed by atoms with Crippen molar-refractivity contribution < 1.29 is 9.90 Å². The number of carbonyl (C=O) groups excluding carboxylic acids is 1. The van der Waals surface area contributed by atoms with Gasteiger partial charge in [-0.15, -0.1) is 0 Å². The van der Waals surface area contributed by atoms with Gasteiger partial charge in [0, 0.05) is 43.6 Å². The molecule has 5 nitrogen and oxygen atoms in total. The molecular formula is C20H24ClN3O2. The molecule has 2 N–H and O–H groups in total. The lowest BCUT2D eigenvalue weighted by Crippen LogP contribution is -2.41. The van der Waals surface area contributed by atoms with Crippen LogP contribution < -0.4 is 5.32 Å². The third-order valence-corrected chi connectivity index (χ3v) is 5.04. The minimum atomic E-state index is -0.102. The molecule has 26 heavy (non-hydrogen) atoms. The van der Waals surface area contributed by atoms with Crippen molar-refractivity contribution in [3.63, 3.8) is 0 Å². The van der Waals surface area contributed by atoms with Gasteiger partial charge in [0.15, 0.2) is 0 Å². The van der Waals surface area contributed by atoms with Crippen molar-refractivity contribution in [1.29, 1.82) is 0 Å². The fourth-order valence-electron chi connectivity index (χ4n) is 3.34. The van der Waals surface area contributed by atoms with Gasteiger partial charge >= 0.3 is 0 Å². The Morgan fingerprint density at radius 1 is 1.35 bits per heavy atom. The molecule has 3 rings (SSSR count). The summed E-state index contributed by atoms with van der Waals surface area (Å²) in [7, 11) is 0. The van der Waals surface area contributed by atoms with Gasteiger partial charge in [-0.05, 0) is 49.6 Å². The molecule has 1 aliphatic heterocycles. The molecule has 0 bridgehead atoms. The zero-order valence-corrected chi connectivity index (χ0v) is 15.5. The maximum absolute atomic E-state index is 12.5. The number of hydrogen-bond donors (Lipinski definition) is 2. The van der Waals surface area contributed by atoms with Gasteiger partial charge in [0.05, 0.1) is 10.7 Å². The van der Waals surface area contributed by atoms with Gasteiger partial charge in [0.2, 0.25) is 0 Å². The molecule has 6 heteroatoms. The molecule has 138 valence electrons. The molecule has 1 aliphatic rings. The van der Waals surface area contributed by atoms with Gasteiger partial charge in [0.1, 0.15) is 0 Å². The van der Waals surface area contributed by atoms with Crippen molar-refractivity contribution in [2.45, 2.75) is 12.8 Å². The van der Waals surface area contributed by atoms with Gasteiger partial charge in [-0.2, -0.15) is 0 Å². The van der Waals surface area contributed by atoms with Crippen LogP contribution in [0.25, 0.3) is 11.3 Å². The number of piperidine rings is 1. The molecule has 1 atom stereocenters. The number of aliphatic hydroxyl groups excluding tert-OH is 1. The van der Waals surface area contributed by atoms with Crippen LogP contribution in [0.2, 0.25) is 5.02 Å². The quantitative estimate of drug-likeness (QED) is 0.817. The molecular weight excluding hydrogens is 350 g/mol. The van der Waals surface area contributed by atoms with E-state index in [4.69, 9.17) is 11.6 Å². The summed E-state index contributed by atoms with van der Waals surface area (Å²) in [5.41, 5.74) is 2.09. The monoisotopic (exact) mass is 373 g/mol. The van der Waals surface area contributed by atoms with Crippen molar-refractivity contribution in [2.24, 2.45) is 5.92 Å². The number of benzene rings is 1. The summed E-state index contributed by atoms with van der Waals surface area (Å²) in [6.45, 7) is 3.56. The molecule has 2 heterocycles. The smallest absolute Gasteiger partial charge is 0.251 e. The highest BCUT2D eigenvalue weighted by Crippen LogP contribution is 2.25. The Kier molecular flexibility index (Phi) is 6.61. The molecule has 1 fully saturated rings. The Morgan fingerprint density at radius 3 is 3.04 bits per heavy atom. The minimum absolute atomic E-state index is 0.102. The fraction of sp³-hybridized carbons (Fsp3) is 0.400. The van der Waals surface area contributed by atoms with E-state index < -0.39 is 0 Å². The number of halogens is 1. The lowest BCUT2D eigenvalue weighted by molar-refractivity contribution is 0.0930. The largest absolute Gasteiger partial charge is 0.396 e. The molecule has 1 aromatic heterocycles. The number of nitrogens with zero attached hydrogens (tertiary/aromatic N) is 2. The number of carbonyl (C=O) groups is 1. The molecule has 1 aromatic carbocycles. The van der Waals surface area contributed by atoms with Crippen molar-refractivity contribution >= 4 is 17.5 Å². The molecule has 1 saturated heterocycles. The van der Waals surface area contributed by atoms with Crippen LogP contribution in [0.4, 0.5) is 0 Å². The van der Waals surface area contributed by atoms with Crippen LogP contribution in [0.1, 0.15) is 23.2 Å². The normalized spacial score (nSPS) is 17.8. The van der Waals surface area contributed by atoms with Crippen LogP contribution in [0.3, 0.4) is 0 Å². The number of likely N-dealkylation sites (tertiary alicyclic amines) is 1. The third kappa shape index (κ3) is 4.81. The average molecular weight is 374 g/mol. The number of rotatable bonds is 6. The van der Waals surface area contributed by atoms with E-state index in [0.29, 0.717) is 28.7 Å².